The van der Waals surface area contributed by atoms with Crippen LogP contribution in [0.1, 0.15) is 28.4 Å². The number of aryl methyl sites for hydroxylation is 1. The van der Waals surface area contributed by atoms with E-state index in [1.54, 1.807) is 30.3 Å². The van der Waals surface area contributed by atoms with E-state index in [2.05, 4.69) is 9.30 Å². The number of hydrogen-bond acceptors (Lipinski definition) is 6. The second-order valence-electron chi connectivity index (χ2n) is 7.76. The summed E-state index contributed by atoms with van der Waals surface area (Å²) in [5, 5.41) is 0. The Morgan fingerprint density at radius 2 is 1.73 bits per heavy atom. The zero-order chi connectivity index (χ0) is 21.3. The number of ether oxygens (including phenoxy) is 1. The van der Waals surface area contributed by atoms with Crippen LogP contribution in [0, 0.1) is 6.92 Å². The SMILES string of the molecule is Cc1ccc(C(=O)OC(C)CN2CCN(C3=NS(=O)(=O)c4ccccc43)CC2)cc1. The second-order valence-corrected chi connectivity index (χ2v) is 9.33. The lowest BCUT2D eigenvalue weighted by Gasteiger charge is -2.36. The maximum atomic E-state index is 12.3. The Kier molecular flexibility index (Phi) is 5.62. The molecule has 7 nitrogen and oxygen atoms in total. The van der Waals surface area contributed by atoms with Crippen LogP contribution in [-0.2, 0) is 14.8 Å². The molecule has 1 atom stereocenters. The van der Waals surface area contributed by atoms with Crippen molar-refractivity contribution in [2.75, 3.05) is 32.7 Å². The van der Waals surface area contributed by atoms with Gasteiger partial charge >= 0.3 is 5.97 Å². The first-order valence-electron chi connectivity index (χ1n) is 10.0. The number of sulfonamides is 1. The minimum Gasteiger partial charge on any atom is -0.458 e. The summed E-state index contributed by atoms with van der Waals surface area (Å²) in [6.07, 6.45) is -0.240. The maximum Gasteiger partial charge on any atom is 0.338 e. The van der Waals surface area contributed by atoms with Crippen molar-refractivity contribution in [1.82, 2.24) is 9.80 Å². The lowest BCUT2D eigenvalue weighted by atomic mass is 10.1. The molecule has 0 aromatic heterocycles. The molecule has 2 aromatic rings. The van der Waals surface area contributed by atoms with Crippen molar-refractivity contribution in [3.8, 4) is 0 Å². The molecule has 8 heteroatoms. The van der Waals surface area contributed by atoms with Gasteiger partial charge in [0.2, 0.25) is 0 Å². The fraction of sp³-hybridized carbons (Fsp3) is 0.364. The third-order valence-corrected chi connectivity index (χ3v) is 6.72. The van der Waals surface area contributed by atoms with Gasteiger partial charge in [-0.05, 0) is 38.1 Å². The van der Waals surface area contributed by atoms with Gasteiger partial charge in [-0.15, -0.1) is 4.40 Å². The molecule has 2 aliphatic heterocycles. The van der Waals surface area contributed by atoms with E-state index in [0.717, 1.165) is 18.7 Å². The summed E-state index contributed by atoms with van der Waals surface area (Å²) in [6, 6.07) is 14.3. The van der Waals surface area contributed by atoms with Gasteiger partial charge in [0, 0.05) is 38.3 Å². The molecule has 1 saturated heterocycles. The Morgan fingerprint density at radius 3 is 2.43 bits per heavy atom. The van der Waals surface area contributed by atoms with Gasteiger partial charge in [-0.1, -0.05) is 29.8 Å². The van der Waals surface area contributed by atoms with E-state index in [-0.39, 0.29) is 17.0 Å². The van der Waals surface area contributed by atoms with E-state index in [9.17, 15) is 13.2 Å². The lowest BCUT2D eigenvalue weighted by molar-refractivity contribution is 0.0221. The van der Waals surface area contributed by atoms with Gasteiger partial charge in [0.1, 0.15) is 11.0 Å². The molecule has 1 unspecified atom stereocenters. The second kappa shape index (κ2) is 8.20. The normalized spacial score (nSPS) is 19.1. The minimum atomic E-state index is -3.60. The summed E-state index contributed by atoms with van der Waals surface area (Å²) in [5.41, 5.74) is 2.32. The summed E-state index contributed by atoms with van der Waals surface area (Å²) < 4.78 is 34.1. The number of hydrogen-bond donors (Lipinski definition) is 0. The Hall–Kier alpha value is -2.71. The van der Waals surface area contributed by atoms with Gasteiger partial charge < -0.3 is 9.64 Å². The molecular formula is C22H25N3O4S. The number of esters is 1. The van der Waals surface area contributed by atoms with Crippen LogP contribution < -0.4 is 0 Å². The van der Waals surface area contributed by atoms with Crippen molar-refractivity contribution in [3.05, 3.63) is 65.2 Å². The number of amidine groups is 1. The van der Waals surface area contributed by atoms with E-state index in [1.165, 1.54) is 0 Å². The average Bonchev–Trinajstić information content (AvgIpc) is 3.00. The molecule has 2 heterocycles. The zero-order valence-corrected chi connectivity index (χ0v) is 17.9. The highest BCUT2D eigenvalue weighted by molar-refractivity contribution is 7.90. The molecule has 0 saturated carbocycles. The van der Waals surface area contributed by atoms with Gasteiger partial charge in [-0.25, -0.2) is 4.79 Å². The van der Waals surface area contributed by atoms with E-state index < -0.39 is 10.0 Å². The molecule has 0 radical (unpaired) electrons. The van der Waals surface area contributed by atoms with Gasteiger partial charge in [0.05, 0.1) is 5.56 Å². The average molecular weight is 428 g/mol. The highest BCUT2D eigenvalue weighted by Gasteiger charge is 2.33. The van der Waals surface area contributed by atoms with Gasteiger partial charge in [0.25, 0.3) is 10.0 Å². The molecule has 0 N–H and O–H groups in total. The quantitative estimate of drug-likeness (QED) is 0.697. The Balaban J connectivity index is 1.32. The monoisotopic (exact) mass is 427 g/mol. The summed E-state index contributed by atoms with van der Waals surface area (Å²) in [5.74, 6) is 0.215. The fourth-order valence-electron chi connectivity index (χ4n) is 3.80. The summed E-state index contributed by atoms with van der Waals surface area (Å²) in [7, 11) is -3.60. The Morgan fingerprint density at radius 1 is 1.07 bits per heavy atom. The third kappa shape index (κ3) is 4.24. The molecule has 1 fully saturated rings. The Bertz CT molecular complexity index is 1070. The van der Waals surface area contributed by atoms with Crippen molar-refractivity contribution in [3.63, 3.8) is 0 Å². The van der Waals surface area contributed by atoms with Gasteiger partial charge in [0.15, 0.2) is 5.84 Å². The number of rotatable bonds is 4. The van der Waals surface area contributed by atoms with Crippen LogP contribution >= 0.6 is 0 Å². The summed E-state index contributed by atoms with van der Waals surface area (Å²) in [4.78, 5) is 16.8. The van der Waals surface area contributed by atoms with Crippen LogP contribution in [0.3, 0.4) is 0 Å². The van der Waals surface area contributed by atoms with Crippen molar-refractivity contribution in [2.45, 2.75) is 24.8 Å². The number of fused-ring (bicyclic) bond motifs is 1. The predicted octanol–water partition coefficient (Wildman–Crippen LogP) is 2.31. The molecule has 0 spiro atoms. The molecule has 2 aromatic carbocycles. The van der Waals surface area contributed by atoms with Gasteiger partial charge in [-0.2, -0.15) is 8.42 Å². The van der Waals surface area contributed by atoms with Gasteiger partial charge in [-0.3, -0.25) is 4.90 Å². The molecule has 158 valence electrons. The summed E-state index contributed by atoms with van der Waals surface area (Å²) >= 11 is 0. The first-order chi connectivity index (χ1) is 14.3. The molecular weight excluding hydrogens is 402 g/mol. The third-order valence-electron chi connectivity index (χ3n) is 5.40. The maximum absolute atomic E-state index is 12.3. The van der Waals surface area contributed by atoms with Crippen LogP contribution in [0.15, 0.2) is 57.8 Å². The number of piperazine rings is 1. The molecule has 0 bridgehead atoms. The molecule has 30 heavy (non-hydrogen) atoms. The Labute approximate surface area is 177 Å². The zero-order valence-electron chi connectivity index (χ0n) is 17.1. The van der Waals surface area contributed by atoms with Crippen LogP contribution in [0.5, 0.6) is 0 Å². The van der Waals surface area contributed by atoms with E-state index in [1.807, 2.05) is 36.9 Å². The fourth-order valence-corrected chi connectivity index (χ4v) is 5.03. The predicted molar refractivity (Wildman–Crippen MR) is 114 cm³/mol. The molecule has 2 aliphatic rings. The van der Waals surface area contributed by atoms with Crippen molar-refractivity contribution in [1.29, 1.82) is 0 Å². The molecule has 4 rings (SSSR count). The van der Waals surface area contributed by atoms with Crippen LogP contribution in [-0.4, -0.2) is 68.9 Å². The number of benzene rings is 2. The van der Waals surface area contributed by atoms with Crippen molar-refractivity contribution in [2.24, 2.45) is 4.40 Å². The lowest BCUT2D eigenvalue weighted by Crippen LogP contribution is -2.50. The van der Waals surface area contributed by atoms with E-state index >= 15 is 0 Å². The summed E-state index contributed by atoms with van der Waals surface area (Å²) in [6.45, 7) is 7.32. The van der Waals surface area contributed by atoms with Crippen molar-refractivity contribution < 1.29 is 17.9 Å². The smallest absolute Gasteiger partial charge is 0.338 e. The highest BCUT2D eigenvalue weighted by Crippen LogP contribution is 2.27. The number of carbonyl (C=O) groups excluding carboxylic acids is 1. The largest absolute Gasteiger partial charge is 0.458 e. The minimum absolute atomic E-state index is 0.240. The topological polar surface area (TPSA) is 79.3 Å². The van der Waals surface area contributed by atoms with Crippen LogP contribution in [0.4, 0.5) is 0 Å². The first kappa shape index (κ1) is 20.6. The number of carbonyl (C=O) groups is 1. The molecule has 0 amide bonds. The van der Waals surface area contributed by atoms with E-state index in [4.69, 9.17) is 4.74 Å². The highest BCUT2D eigenvalue weighted by atomic mass is 32.2. The van der Waals surface area contributed by atoms with Crippen molar-refractivity contribution >= 4 is 21.8 Å². The first-order valence-corrected chi connectivity index (χ1v) is 11.5. The molecule has 0 aliphatic carbocycles. The van der Waals surface area contributed by atoms with Crippen LogP contribution in [0.2, 0.25) is 0 Å². The van der Waals surface area contributed by atoms with Crippen LogP contribution in [0.25, 0.3) is 0 Å². The standard InChI is InChI=1S/C22H25N3O4S/c1-16-7-9-18(10-8-16)22(26)29-17(2)15-24-11-13-25(14-12-24)21-19-5-3-4-6-20(19)30(27,28)23-21/h3-10,17H,11-15H2,1-2H3. The number of nitrogens with zero attached hydrogens (tertiary/aromatic N) is 3. The van der Waals surface area contributed by atoms with E-state index in [0.29, 0.717) is 36.6 Å².